The maximum Gasteiger partial charge on any atom is 0.459 e. The number of carbonyl (C=O) groups excluding carboxylic acids is 1. The fraction of sp³-hybridized carbons (Fsp3) is 0.500. The van der Waals surface area contributed by atoms with Gasteiger partial charge in [0.2, 0.25) is 5.82 Å². The summed E-state index contributed by atoms with van der Waals surface area (Å²) in [6.45, 7) is 2.09. The zero-order valence-corrected chi connectivity index (χ0v) is 21.5. The van der Waals surface area contributed by atoms with Gasteiger partial charge in [-0.05, 0) is 32.9 Å². The Morgan fingerprint density at radius 1 is 1.29 bits per heavy atom. The highest BCUT2D eigenvalue weighted by atomic mass is 31.2. The number of hydrogen-bond donors (Lipinski definition) is 4. The number of carbonyl (C=O) groups is 1. The quantitative estimate of drug-likeness (QED) is 0.224. The number of aromatic amines is 1. The number of nitrogens with zero attached hydrogens (tertiary/aromatic N) is 1. The van der Waals surface area contributed by atoms with E-state index in [1.165, 1.54) is 19.1 Å². The monoisotopic (exact) mass is 563 g/mol. The van der Waals surface area contributed by atoms with Gasteiger partial charge in [0, 0.05) is 0 Å². The van der Waals surface area contributed by atoms with E-state index in [2.05, 4.69) is 5.09 Å². The van der Waals surface area contributed by atoms with Crippen LogP contribution in [-0.4, -0.2) is 69.0 Å². The molecule has 2 heterocycles. The number of H-pyrrole nitrogens is 1. The van der Waals surface area contributed by atoms with Crippen molar-refractivity contribution in [2.45, 2.75) is 57.0 Å². The van der Waals surface area contributed by atoms with Crippen molar-refractivity contribution < 1.29 is 46.9 Å². The lowest BCUT2D eigenvalue weighted by molar-refractivity contribution is -0.149. The fourth-order valence-corrected chi connectivity index (χ4v) is 5.05. The SMILES string of the molecule is CC(C)OC(=O)[C@H](C)N[P@@](=O)(OC[C@H]1O[C@@H](n2cc(F)c(=O)[nH]c2=O)[C@@](O)(CF)C1O)Oc1ccccc1. The molecule has 0 bridgehead atoms. The first-order valence-corrected chi connectivity index (χ1v) is 12.9. The van der Waals surface area contributed by atoms with E-state index in [0.29, 0.717) is 10.8 Å². The van der Waals surface area contributed by atoms with Crippen LogP contribution in [0.3, 0.4) is 0 Å². The van der Waals surface area contributed by atoms with Crippen molar-refractivity contribution in [2.75, 3.05) is 13.3 Å². The summed E-state index contributed by atoms with van der Waals surface area (Å²) in [6, 6.07) is 6.52. The lowest BCUT2D eigenvalue weighted by atomic mass is 9.95. The number of aliphatic hydroxyl groups excluding tert-OH is 1. The minimum absolute atomic E-state index is 0.0778. The molecule has 4 N–H and O–H groups in total. The molecule has 0 radical (unpaired) electrons. The van der Waals surface area contributed by atoms with Crippen molar-refractivity contribution in [1.29, 1.82) is 0 Å². The van der Waals surface area contributed by atoms with Gasteiger partial charge in [0.1, 0.15) is 30.7 Å². The van der Waals surface area contributed by atoms with E-state index in [-0.39, 0.29) is 5.75 Å². The molecule has 1 fully saturated rings. The number of para-hydroxylation sites is 1. The molecular formula is C22H28F2N3O10P. The van der Waals surface area contributed by atoms with Crippen molar-refractivity contribution in [2.24, 2.45) is 0 Å². The number of benzene rings is 1. The number of alkyl halides is 1. The Labute approximate surface area is 214 Å². The number of hydrogen-bond acceptors (Lipinski definition) is 10. The molecule has 1 unspecified atom stereocenters. The van der Waals surface area contributed by atoms with Crippen molar-refractivity contribution >= 4 is 13.7 Å². The molecular weight excluding hydrogens is 535 g/mol. The maximum atomic E-state index is 13.9. The number of aliphatic hydroxyl groups is 2. The van der Waals surface area contributed by atoms with Crippen LogP contribution in [-0.2, 0) is 23.4 Å². The van der Waals surface area contributed by atoms with Gasteiger partial charge in [-0.1, -0.05) is 18.2 Å². The van der Waals surface area contributed by atoms with Crippen molar-refractivity contribution in [1.82, 2.24) is 14.6 Å². The second kappa shape index (κ2) is 11.8. The van der Waals surface area contributed by atoms with Crippen LogP contribution < -0.4 is 20.9 Å². The number of halogens is 2. The summed E-state index contributed by atoms with van der Waals surface area (Å²) in [5.41, 5.74) is -5.39. The van der Waals surface area contributed by atoms with Crippen LogP contribution in [0, 0.1) is 5.82 Å². The van der Waals surface area contributed by atoms with Gasteiger partial charge in [-0.25, -0.2) is 13.8 Å². The van der Waals surface area contributed by atoms with Crippen LogP contribution in [0.25, 0.3) is 0 Å². The van der Waals surface area contributed by atoms with Gasteiger partial charge in [0.15, 0.2) is 11.8 Å². The standard InChI is InChI=1S/C22H28F2N3O10P/c1-12(2)35-19(30)13(3)26-38(33,37-14-7-5-4-6-8-14)34-10-16-17(28)22(32,11-23)20(36-16)27-9-15(24)18(29)25-21(27)31/h4-9,12-13,16-17,20,28,32H,10-11H2,1-3H3,(H,26,33)(H,25,29,31)/t13-,16+,17?,20+,22+,38+/m0/s1. The molecule has 2 aromatic rings. The molecule has 1 aromatic carbocycles. The van der Waals surface area contributed by atoms with E-state index in [1.807, 2.05) is 0 Å². The maximum absolute atomic E-state index is 13.9. The lowest BCUT2D eigenvalue weighted by Crippen LogP contribution is -2.51. The summed E-state index contributed by atoms with van der Waals surface area (Å²) in [5.74, 6) is -2.13. The highest BCUT2D eigenvalue weighted by molar-refractivity contribution is 7.52. The first kappa shape index (κ1) is 29.6. The minimum Gasteiger partial charge on any atom is -0.462 e. The molecule has 1 aliphatic rings. The third-order valence-corrected chi connectivity index (χ3v) is 7.07. The summed E-state index contributed by atoms with van der Waals surface area (Å²) in [5, 5.41) is 23.8. The number of nitrogens with one attached hydrogen (secondary N) is 2. The van der Waals surface area contributed by atoms with Gasteiger partial charge >= 0.3 is 19.4 Å². The molecule has 210 valence electrons. The van der Waals surface area contributed by atoms with Crippen LogP contribution in [0.2, 0.25) is 0 Å². The third kappa shape index (κ3) is 6.54. The Hall–Kier alpha value is -2.94. The number of aromatic nitrogens is 2. The van der Waals surface area contributed by atoms with Gasteiger partial charge < -0.3 is 24.2 Å². The van der Waals surface area contributed by atoms with Crippen molar-refractivity contribution in [3.8, 4) is 5.75 Å². The molecule has 1 saturated heterocycles. The van der Waals surface area contributed by atoms with Crippen molar-refractivity contribution in [3.05, 3.63) is 63.2 Å². The largest absolute Gasteiger partial charge is 0.462 e. The molecule has 38 heavy (non-hydrogen) atoms. The Kier molecular flexibility index (Phi) is 9.23. The van der Waals surface area contributed by atoms with Crippen LogP contribution in [0.5, 0.6) is 5.75 Å². The Balaban J connectivity index is 1.85. The van der Waals surface area contributed by atoms with E-state index in [9.17, 15) is 37.9 Å². The topological polar surface area (TPSA) is 178 Å². The van der Waals surface area contributed by atoms with Crippen LogP contribution in [0.4, 0.5) is 8.78 Å². The van der Waals surface area contributed by atoms with Crippen LogP contribution in [0.15, 0.2) is 46.1 Å². The Morgan fingerprint density at radius 2 is 1.95 bits per heavy atom. The van der Waals surface area contributed by atoms with Gasteiger partial charge in [-0.15, -0.1) is 0 Å². The van der Waals surface area contributed by atoms with Gasteiger partial charge in [0.05, 0.1) is 18.9 Å². The number of rotatable bonds is 11. The Bertz CT molecular complexity index is 1290. The average molecular weight is 563 g/mol. The second-order valence-corrected chi connectivity index (χ2v) is 10.5. The van der Waals surface area contributed by atoms with Crippen LogP contribution in [0.1, 0.15) is 27.0 Å². The highest BCUT2D eigenvalue weighted by Crippen LogP contribution is 2.47. The predicted molar refractivity (Wildman–Crippen MR) is 127 cm³/mol. The fourth-order valence-electron chi connectivity index (χ4n) is 3.55. The molecule has 6 atom stereocenters. The summed E-state index contributed by atoms with van der Waals surface area (Å²) >= 11 is 0. The van der Waals surface area contributed by atoms with E-state index in [4.69, 9.17) is 18.5 Å². The van der Waals surface area contributed by atoms with Gasteiger partial charge in [-0.3, -0.25) is 23.7 Å². The second-order valence-electron chi connectivity index (χ2n) is 8.77. The van der Waals surface area contributed by atoms with Gasteiger partial charge in [0.25, 0.3) is 5.56 Å². The zero-order valence-electron chi connectivity index (χ0n) is 20.6. The van der Waals surface area contributed by atoms with E-state index in [0.717, 1.165) is 0 Å². The normalized spacial score (nSPS) is 25.6. The molecule has 13 nitrogen and oxygen atoms in total. The predicted octanol–water partition coefficient (Wildman–Crippen LogP) is 0.768. The molecule has 0 aliphatic carbocycles. The summed E-state index contributed by atoms with van der Waals surface area (Å²) in [7, 11) is -4.43. The lowest BCUT2D eigenvalue weighted by Gasteiger charge is -2.28. The van der Waals surface area contributed by atoms with E-state index >= 15 is 0 Å². The summed E-state index contributed by atoms with van der Waals surface area (Å²) < 4.78 is 63.0. The van der Waals surface area contributed by atoms with Crippen molar-refractivity contribution in [3.63, 3.8) is 0 Å². The van der Waals surface area contributed by atoms with E-state index < -0.39 is 80.2 Å². The molecule has 16 heteroatoms. The molecule has 3 rings (SSSR count). The first-order chi connectivity index (χ1) is 17.8. The smallest absolute Gasteiger partial charge is 0.459 e. The summed E-state index contributed by atoms with van der Waals surface area (Å²) in [4.78, 5) is 37.4. The zero-order chi connectivity index (χ0) is 28.3. The van der Waals surface area contributed by atoms with Gasteiger partial charge in [-0.2, -0.15) is 9.48 Å². The molecule has 1 aliphatic heterocycles. The Morgan fingerprint density at radius 3 is 2.55 bits per heavy atom. The van der Waals surface area contributed by atoms with Crippen LogP contribution >= 0.6 is 7.75 Å². The number of esters is 1. The first-order valence-electron chi connectivity index (χ1n) is 11.4. The number of ether oxygens (including phenoxy) is 2. The molecule has 0 spiro atoms. The molecule has 0 saturated carbocycles. The average Bonchev–Trinajstić information content (AvgIpc) is 3.10. The van der Waals surface area contributed by atoms with E-state index in [1.54, 1.807) is 37.0 Å². The molecule has 1 aromatic heterocycles. The summed E-state index contributed by atoms with van der Waals surface area (Å²) in [6.07, 6.45) is -5.80. The highest BCUT2D eigenvalue weighted by Gasteiger charge is 2.57. The third-order valence-electron chi connectivity index (χ3n) is 5.42. The minimum atomic E-state index is -4.43. The molecule has 0 amide bonds.